The molecule has 31 heavy (non-hydrogen) atoms. The highest BCUT2D eigenvalue weighted by Gasteiger charge is 2.14. The first kappa shape index (κ1) is 20.1. The molecule has 0 atom stereocenters. The van der Waals surface area contributed by atoms with E-state index in [1.54, 1.807) is 30.0 Å². The number of carbonyl (C=O) groups excluding carboxylic acids is 1. The highest BCUT2D eigenvalue weighted by atomic mass is 16.5. The summed E-state index contributed by atoms with van der Waals surface area (Å²) in [6.07, 6.45) is 2.81. The average molecular weight is 419 g/mol. The number of nitrogens with one attached hydrogen (secondary N) is 1. The summed E-state index contributed by atoms with van der Waals surface area (Å²) in [6.45, 7) is 1.79. The van der Waals surface area contributed by atoms with Crippen molar-refractivity contribution in [2.75, 3.05) is 19.5 Å². The average Bonchev–Trinajstić information content (AvgIpc) is 3.21. The summed E-state index contributed by atoms with van der Waals surface area (Å²) < 4.78 is 13.3. The molecule has 0 aliphatic heterocycles. The lowest BCUT2D eigenvalue weighted by atomic mass is 10.2. The SMILES string of the molecule is COc1ccc(NC(=O)Cn2cnc3c(cnn3-c3ccc(C)cc3)c2=O)c(OC)c1. The van der Waals surface area contributed by atoms with E-state index in [1.807, 2.05) is 31.2 Å². The number of aryl methyl sites for hydroxylation is 1. The van der Waals surface area contributed by atoms with E-state index in [2.05, 4.69) is 15.4 Å². The topological polar surface area (TPSA) is 100 Å². The summed E-state index contributed by atoms with van der Waals surface area (Å²) in [4.78, 5) is 29.8. The maximum atomic E-state index is 12.9. The summed E-state index contributed by atoms with van der Waals surface area (Å²) in [7, 11) is 3.04. The first-order valence-electron chi connectivity index (χ1n) is 9.52. The fourth-order valence-corrected chi connectivity index (χ4v) is 3.18. The van der Waals surface area contributed by atoms with Gasteiger partial charge in [-0.3, -0.25) is 14.2 Å². The summed E-state index contributed by atoms with van der Waals surface area (Å²) in [5.74, 6) is 0.664. The number of methoxy groups -OCH3 is 2. The third-order valence-corrected chi connectivity index (χ3v) is 4.83. The maximum absolute atomic E-state index is 12.9. The van der Waals surface area contributed by atoms with Gasteiger partial charge in [0.15, 0.2) is 5.65 Å². The summed E-state index contributed by atoms with van der Waals surface area (Å²) in [6, 6.07) is 12.8. The minimum absolute atomic E-state index is 0.202. The number of hydrogen-bond donors (Lipinski definition) is 1. The van der Waals surface area contributed by atoms with E-state index in [1.165, 1.54) is 24.2 Å². The Morgan fingerprint density at radius 3 is 2.58 bits per heavy atom. The van der Waals surface area contributed by atoms with Crippen molar-refractivity contribution in [1.29, 1.82) is 0 Å². The molecule has 0 unspecified atom stereocenters. The Morgan fingerprint density at radius 1 is 1.10 bits per heavy atom. The number of aromatic nitrogens is 4. The van der Waals surface area contributed by atoms with Crippen molar-refractivity contribution in [1.82, 2.24) is 19.3 Å². The molecule has 158 valence electrons. The Kier molecular flexibility index (Phi) is 5.40. The lowest BCUT2D eigenvalue weighted by molar-refractivity contribution is -0.116. The van der Waals surface area contributed by atoms with Gasteiger partial charge in [0.05, 0.1) is 31.8 Å². The van der Waals surface area contributed by atoms with Gasteiger partial charge in [-0.1, -0.05) is 17.7 Å². The first-order valence-corrected chi connectivity index (χ1v) is 9.52. The molecule has 0 aliphatic rings. The minimum atomic E-state index is -0.391. The number of rotatable bonds is 6. The molecule has 0 radical (unpaired) electrons. The molecule has 2 heterocycles. The van der Waals surface area contributed by atoms with Crippen molar-refractivity contribution < 1.29 is 14.3 Å². The third-order valence-electron chi connectivity index (χ3n) is 4.83. The molecule has 0 bridgehead atoms. The van der Waals surface area contributed by atoms with E-state index >= 15 is 0 Å². The van der Waals surface area contributed by atoms with Gasteiger partial charge in [-0.15, -0.1) is 0 Å². The molecule has 4 aromatic rings. The Labute approximate surface area is 177 Å². The molecular formula is C22H21N5O4. The van der Waals surface area contributed by atoms with Gasteiger partial charge < -0.3 is 14.8 Å². The predicted octanol–water partition coefficient (Wildman–Crippen LogP) is 2.55. The number of carbonyl (C=O) groups is 1. The van der Waals surface area contributed by atoms with E-state index < -0.39 is 5.91 Å². The van der Waals surface area contributed by atoms with Gasteiger partial charge in [-0.25, -0.2) is 9.67 Å². The Bertz CT molecular complexity index is 1310. The van der Waals surface area contributed by atoms with Gasteiger partial charge in [0.2, 0.25) is 5.91 Å². The molecule has 9 heteroatoms. The number of nitrogens with zero attached hydrogens (tertiary/aromatic N) is 4. The Balaban J connectivity index is 1.58. The fraction of sp³-hybridized carbons (Fsp3) is 0.182. The van der Waals surface area contributed by atoms with Crippen LogP contribution in [0, 0.1) is 6.92 Å². The van der Waals surface area contributed by atoms with Crippen LogP contribution in [0.5, 0.6) is 11.5 Å². The van der Waals surface area contributed by atoms with Crippen molar-refractivity contribution >= 4 is 22.6 Å². The molecule has 0 saturated heterocycles. The van der Waals surface area contributed by atoms with Gasteiger partial charge in [0.25, 0.3) is 5.56 Å². The van der Waals surface area contributed by atoms with E-state index in [4.69, 9.17) is 9.47 Å². The van der Waals surface area contributed by atoms with Crippen molar-refractivity contribution in [3.63, 3.8) is 0 Å². The highest BCUT2D eigenvalue weighted by molar-refractivity contribution is 5.92. The van der Waals surface area contributed by atoms with Crippen LogP contribution in [-0.2, 0) is 11.3 Å². The summed E-state index contributed by atoms with van der Waals surface area (Å²) in [5.41, 5.74) is 2.48. The molecule has 2 aromatic heterocycles. The monoisotopic (exact) mass is 419 g/mol. The minimum Gasteiger partial charge on any atom is -0.497 e. The molecule has 0 saturated carbocycles. The van der Waals surface area contributed by atoms with Crippen LogP contribution < -0.4 is 20.3 Å². The van der Waals surface area contributed by atoms with Crippen LogP contribution in [-0.4, -0.2) is 39.5 Å². The molecule has 9 nitrogen and oxygen atoms in total. The second-order valence-corrected chi connectivity index (χ2v) is 6.92. The van der Waals surface area contributed by atoms with Crippen LogP contribution in [0.2, 0.25) is 0 Å². The summed E-state index contributed by atoms with van der Waals surface area (Å²) in [5, 5.41) is 7.37. The number of benzene rings is 2. The second-order valence-electron chi connectivity index (χ2n) is 6.92. The van der Waals surface area contributed by atoms with Gasteiger partial charge in [-0.05, 0) is 31.2 Å². The Morgan fingerprint density at radius 2 is 1.87 bits per heavy atom. The molecule has 1 N–H and O–H groups in total. The molecule has 2 aromatic carbocycles. The third kappa shape index (κ3) is 3.97. The van der Waals surface area contributed by atoms with Crippen molar-refractivity contribution in [2.24, 2.45) is 0 Å². The summed E-state index contributed by atoms with van der Waals surface area (Å²) >= 11 is 0. The second kappa shape index (κ2) is 8.31. The predicted molar refractivity (Wildman–Crippen MR) is 116 cm³/mol. The first-order chi connectivity index (χ1) is 15.0. The number of hydrogen-bond acceptors (Lipinski definition) is 6. The quantitative estimate of drug-likeness (QED) is 0.516. The molecule has 4 rings (SSSR count). The fourth-order valence-electron chi connectivity index (χ4n) is 3.18. The van der Waals surface area contributed by atoms with Crippen LogP contribution in [0.4, 0.5) is 5.69 Å². The zero-order valence-electron chi connectivity index (χ0n) is 17.3. The van der Waals surface area contributed by atoms with E-state index in [0.29, 0.717) is 28.2 Å². The highest BCUT2D eigenvalue weighted by Crippen LogP contribution is 2.29. The van der Waals surface area contributed by atoms with Crippen LogP contribution >= 0.6 is 0 Å². The lowest BCUT2D eigenvalue weighted by Gasteiger charge is -2.12. The smallest absolute Gasteiger partial charge is 0.264 e. The standard InChI is InChI=1S/C22H21N5O4/c1-14-4-6-15(7-5-14)27-21-17(11-24-27)22(29)26(13-23-21)12-20(28)25-18-9-8-16(30-2)10-19(18)31-3/h4-11,13H,12H2,1-3H3,(H,25,28). The van der Waals surface area contributed by atoms with Gasteiger partial charge in [0, 0.05) is 6.07 Å². The number of amides is 1. The lowest BCUT2D eigenvalue weighted by Crippen LogP contribution is -2.28. The van der Waals surface area contributed by atoms with Gasteiger partial charge in [0.1, 0.15) is 29.8 Å². The zero-order valence-corrected chi connectivity index (χ0v) is 17.3. The zero-order chi connectivity index (χ0) is 22.0. The van der Waals surface area contributed by atoms with E-state index in [0.717, 1.165) is 11.3 Å². The molecule has 0 spiro atoms. The van der Waals surface area contributed by atoms with Crippen molar-refractivity contribution in [3.8, 4) is 17.2 Å². The van der Waals surface area contributed by atoms with Gasteiger partial charge >= 0.3 is 0 Å². The van der Waals surface area contributed by atoms with Gasteiger partial charge in [-0.2, -0.15) is 5.10 Å². The van der Waals surface area contributed by atoms with E-state index in [-0.39, 0.29) is 12.1 Å². The Hall–Kier alpha value is -4.14. The van der Waals surface area contributed by atoms with Crippen LogP contribution in [0.3, 0.4) is 0 Å². The number of anilines is 1. The molecule has 1 amide bonds. The van der Waals surface area contributed by atoms with Crippen molar-refractivity contribution in [2.45, 2.75) is 13.5 Å². The van der Waals surface area contributed by atoms with Crippen molar-refractivity contribution in [3.05, 3.63) is 70.9 Å². The largest absolute Gasteiger partial charge is 0.497 e. The van der Waals surface area contributed by atoms with Crippen LogP contribution in [0.1, 0.15) is 5.56 Å². The maximum Gasteiger partial charge on any atom is 0.264 e. The van der Waals surface area contributed by atoms with Crippen LogP contribution in [0.15, 0.2) is 59.8 Å². The normalized spacial score (nSPS) is 10.8. The van der Waals surface area contributed by atoms with E-state index in [9.17, 15) is 9.59 Å². The molecular weight excluding hydrogens is 398 g/mol. The van der Waals surface area contributed by atoms with Crippen LogP contribution in [0.25, 0.3) is 16.7 Å². The number of ether oxygens (including phenoxy) is 2. The number of fused-ring (bicyclic) bond motifs is 1. The molecule has 0 aliphatic carbocycles. The molecule has 0 fully saturated rings.